The lowest BCUT2D eigenvalue weighted by Crippen LogP contribution is -2.14. The molecule has 31 heavy (non-hydrogen) atoms. The van der Waals surface area contributed by atoms with Crippen LogP contribution in [0.15, 0.2) is 66.7 Å². The molecule has 158 valence electrons. The predicted octanol–water partition coefficient (Wildman–Crippen LogP) is 5.56. The van der Waals surface area contributed by atoms with Crippen LogP contribution in [-0.2, 0) is 0 Å². The van der Waals surface area contributed by atoms with Gasteiger partial charge in [-0.15, -0.1) is 0 Å². The monoisotopic (exact) mass is 417 g/mol. The molecule has 1 saturated carbocycles. The first kappa shape index (κ1) is 20.5. The molecule has 2 N–H and O–H groups in total. The lowest BCUT2D eigenvalue weighted by Gasteiger charge is -2.12. The van der Waals surface area contributed by atoms with Crippen molar-refractivity contribution in [3.05, 3.63) is 83.4 Å². The highest BCUT2D eigenvalue weighted by atomic mass is 16.5. The Labute approximate surface area is 180 Å². The van der Waals surface area contributed by atoms with Crippen LogP contribution in [0.1, 0.15) is 45.5 Å². The molecule has 1 aliphatic carbocycles. The average molecular weight is 417 g/mol. The fraction of sp³-hybridized carbons (Fsp3) is 0.200. The van der Waals surface area contributed by atoms with E-state index in [0.29, 0.717) is 34.6 Å². The highest BCUT2D eigenvalue weighted by Gasteiger charge is 2.34. The summed E-state index contributed by atoms with van der Waals surface area (Å²) < 4.78 is 11.1. The SMILES string of the molecule is COc1ccc(C(=O)Nc2cc(Oc3cccc([C@H]4CC4C)c3)ccc2C(=O)O)cc1. The number of carboxylic acid groups (broad SMARTS) is 1. The van der Waals surface area contributed by atoms with E-state index in [4.69, 9.17) is 9.47 Å². The number of carbonyl (C=O) groups excluding carboxylic acids is 1. The molecule has 4 rings (SSSR count). The molecule has 1 fully saturated rings. The van der Waals surface area contributed by atoms with E-state index < -0.39 is 11.9 Å². The molecule has 6 heteroatoms. The number of rotatable bonds is 7. The highest BCUT2D eigenvalue weighted by molar-refractivity contribution is 6.08. The van der Waals surface area contributed by atoms with Crippen LogP contribution >= 0.6 is 0 Å². The van der Waals surface area contributed by atoms with Crippen molar-refractivity contribution in [1.29, 1.82) is 0 Å². The second-order valence-corrected chi connectivity index (χ2v) is 7.69. The third-order valence-electron chi connectivity index (χ3n) is 5.45. The molecule has 6 nitrogen and oxygen atoms in total. The van der Waals surface area contributed by atoms with Crippen LogP contribution in [0.25, 0.3) is 0 Å². The van der Waals surface area contributed by atoms with E-state index in [2.05, 4.69) is 18.3 Å². The van der Waals surface area contributed by atoms with Gasteiger partial charge in [0.25, 0.3) is 5.91 Å². The van der Waals surface area contributed by atoms with Crippen LogP contribution in [0.3, 0.4) is 0 Å². The second-order valence-electron chi connectivity index (χ2n) is 7.69. The molecule has 1 amide bonds. The summed E-state index contributed by atoms with van der Waals surface area (Å²) in [6, 6.07) is 19.0. The molecule has 2 atom stereocenters. The maximum absolute atomic E-state index is 12.6. The molecule has 1 unspecified atom stereocenters. The molecule has 0 heterocycles. The van der Waals surface area contributed by atoms with Crippen molar-refractivity contribution in [3.63, 3.8) is 0 Å². The van der Waals surface area contributed by atoms with Crippen molar-refractivity contribution >= 4 is 17.6 Å². The standard InChI is InChI=1S/C25H23NO5/c1-15-12-22(15)17-4-3-5-19(13-17)31-20-10-11-21(25(28)29)23(14-20)26-24(27)16-6-8-18(30-2)9-7-16/h3-11,13-15,22H,12H2,1-2H3,(H,26,27)(H,28,29)/t15?,22-/m0/s1. The highest BCUT2D eigenvalue weighted by Crippen LogP contribution is 2.47. The van der Waals surface area contributed by atoms with Crippen LogP contribution in [0.5, 0.6) is 17.2 Å². The topological polar surface area (TPSA) is 84.9 Å². The number of methoxy groups -OCH3 is 1. The summed E-state index contributed by atoms with van der Waals surface area (Å²) in [5.41, 5.74) is 1.77. The van der Waals surface area contributed by atoms with Gasteiger partial charge in [-0.05, 0) is 72.4 Å². The van der Waals surface area contributed by atoms with E-state index in [1.54, 1.807) is 37.4 Å². The molecule has 3 aromatic carbocycles. The van der Waals surface area contributed by atoms with E-state index in [1.165, 1.54) is 24.1 Å². The number of carbonyl (C=O) groups is 2. The first-order valence-electron chi connectivity index (χ1n) is 10.0. The molecular weight excluding hydrogens is 394 g/mol. The van der Waals surface area contributed by atoms with Gasteiger partial charge in [-0.2, -0.15) is 0 Å². The van der Waals surface area contributed by atoms with E-state index in [-0.39, 0.29) is 11.3 Å². The van der Waals surface area contributed by atoms with E-state index in [1.807, 2.05) is 18.2 Å². The minimum atomic E-state index is -1.14. The molecule has 0 radical (unpaired) electrons. The molecule has 0 saturated heterocycles. The van der Waals surface area contributed by atoms with Gasteiger partial charge in [0.2, 0.25) is 0 Å². The van der Waals surface area contributed by atoms with Crippen molar-refractivity contribution in [3.8, 4) is 17.2 Å². The summed E-state index contributed by atoms with van der Waals surface area (Å²) in [6.45, 7) is 2.22. The molecule has 3 aromatic rings. The molecule has 0 aliphatic heterocycles. The first-order valence-corrected chi connectivity index (χ1v) is 10.0. The van der Waals surface area contributed by atoms with Gasteiger partial charge in [0.15, 0.2) is 0 Å². The molecule has 0 spiro atoms. The Morgan fingerprint density at radius 1 is 0.968 bits per heavy atom. The van der Waals surface area contributed by atoms with Crippen molar-refractivity contribution in [1.82, 2.24) is 0 Å². The Morgan fingerprint density at radius 3 is 2.29 bits per heavy atom. The molecule has 0 aromatic heterocycles. The Morgan fingerprint density at radius 2 is 1.65 bits per heavy atom. The van der Waals surface area contributed by atoms with Crippen molar-refractivity contribution in [2.45, 2.75) is 19.3 Å². The number of amides is 1. The summed E-state index contributed by atoms with van der Waals surface area (Å²) in [4.78, 5) is 24.3. The van der Waals surface area contributed by atoms with Crippen LogP contribution in [0, 0.1) is 5.92 Å². The zero-order chi connectivity index (χ0) is 22.0. The first-order chi connectivity index (χ1) is 14.9. The molecule has 1 aliphatic rings. The zero-order valence-electron chi connectivity index (χ0n) is 17.3. The smallest absolute Gasteiger partial charge is 0.337 e. The van der Waals surface area contributed by atoms with Gasteiger partial charge >= 0.3 is 5.97 Å². The Kier molecular flexibility index (Phi) is 5.62. The number of hydrogen-bond acceptors (Lipinski definition) is 4. The van der Waals surface area contributed by atoms with Gasteiger partial charge in [0, 0.05) is 11.6 Å². The molecule has 0 bridgehead atoms. The fourth-order valence-electron chi connectivity index (χ4n) is 3.54. The lowest BCUT2D eigenvalue weighted by atomic mass is 10.1. The van der Waals surface area contributed by atoms with Crippen molar-refractivity contribution in [2.24, 2.45) is 5.92 Å². The van der Waals surface area contributed by atoms with Gasteiger partial charge in [0.1, 0.15) is 17.2 Å². The molecular formula is C25H23NO5. The number of benzene rings is 3. The minimum Gasteiger partial charge on any atom is -0.497 e. The lowest BCUT2D eigenvalue weighted by molar-refractivity contribution is 0.0698. The number of aromatic carboxylic acids is 1. The maximum atomic E-state index is 12.6. The third-order valence-corrected chi connectivity index (χ3v) is 5.45. The van der Waals surface area contributed by atoms with Crippen molar-refractivity contribution < 1.29 is 24.2 Å². The zero-order valence-corrected chi connectivity index (χ0v) is 17.3. The Balaban J connectivity index is 1.56. The number of hydrogen-bond donors (Lipinski definition) is 2. The number of anilines is 1. The van der Waals surface area contributed by atoms with Gasteiger partial charge in [-0.25, -0.2) is 4.79 Å². The quantitative estimate of drug-likeness (QED) is 0.526. The number of nitrogens with one attached hydrogen (secondary N) is 1. The Bertz CT molecular complexity index is 1120. The van der Waals surface area contributed by atoms with Crippen LogP contribution in [0.2, 0.25) is 0 Å². The van der Waals surface area contributed by atoms with Crippen molar-refractivity contribution in [2.75, 3.05) is 12.4 Å². The van der Waals surface area contributed by atoms with E-state index >= 15 is 0 Å². The van der Waals surface area contributed by atoms with Gasteiger partial charge in [0.05, 0.1) is 18.4 Å². The van der Waals surface area contributed by atoms with Crippen LogP contribution < -0.4 is 14.8 Å². The number of carboxylic acids is 1. The summed E-state index contributed by atoms with van der Waals surface area (Å²) in [7, 11) is 1.54. The largest absolute Gasteiger partial charge is 0.497 e. The van der Waals surface area contributed by atoms with Crippen LogP contribution in [0.4, 0.5) is 5.69 Å². The normalized spacial score (nSPS) is 17.0. The fourth-order valence-corrected chi connectivity index (χ4v) is 3.54. The maximum Gasteiger partial charge on any atom is 0.337 e. The summed E-state index contributed by atoms with van der Waals surface area (Å²) >= 11 is 0. The minimum absolute atomic E-state index is 0.0187. The Hall–Kier alpha value is -3.80. The average Bonchev–Trinajstić information content (AvgIpc) is 3.50. The van der Waals surface area contributed by atoms with E-state index in [0.717, 1.165) is 0 Å². The van der Waals surface area contributed by atoms with Gasteiger partial charge in [-0.1, -0.05) is 19.1 Å². The number of ether oxygens (including phenoxy) is 2. The summed E-state index contributed by atoms with van der Waals surface area (Å²) in [5, 5.41) is 12.2. The van der Waals surface area contributed by atoms with Crippen LogP contribution in [-0.4, -0.2) is 24.1 Å². The predicted molar refractivity (Wildman–Crippen MR) is 117 cm³/mol. The van der Waals surface area contributed by atoms with Gasteiger partial charge < -0.3 is 19.9 Å². The summed E-state index contributed by atoms with van der Waals surface area (Å²) in [6.07, 6.45) is 1.18. The second kappa shape index (κ2) is 8.52. The summed E-state index contributed by atoms with van der Waals surface area (Å²) in [5.74, 6) is 1.43. The third kappa shape index (κ3) is 4.69. The van der Waals surface area contributed by atoms with E-state index in [9.17, 15) is 14.7 Å². The van der Waals surface area contributed by atoms with Gasteiger partial charge in [-0.3, -0.25) is 4.79 Å².